The van der Waals surface area contributed by atoms with Gasteiger partial charge < -0.3 is 15.2 Å². The predicted octanol–water partition coefficient (Wildman–Crippen LogP) is 6.08. The number of rotatable bonds is 11. The zero-order valence-electron chi connectivity index (χ0n) is 23.4. The molecule has 3 atom stereocenters. The zero-order chi connectivity index (χ0) is 31.1. The van der Waals surface area contributed by atoms with E-state index in [1.54, 1.807) is 48.6 Å². The Labute approximate surface area is 262 Å². The third kappa shape index (κ3) is 7.90. The molecule has 5 rings (SSSR count). The lowest BCUT2D eigenvalue weighted by Gasteiger charge is -2.24. The monoisotopic (exact) mass is 628 g/mol. The van der Waals surface area contributed by atoms with Crippen LogP contribution < -0.4 is 10.1 Å². The van der Waals surface area contributed by atoms with Crippen LogP contribution in [-0.2, 0) is 28.8 Å². The first-order chi connectivity index (χ1) is 21.3. The number of halogens is 1. The van der Waals surface area contributed by atoms with Gasteiger partial charge in [-0.3, -0.25) is 9.59 Å². The first kappa shape index (κ1) is 30.9. The van der Waals surface area contributed by atoms with Gasteiger partial charge in [0.05, 0.1) is 0 Å². The summed E-state index contributed by atoms with van der Waals surface area (Å²) in [5.74, 6) is -1.02. The minimum absolute atomic E-state index is 0.179. The van der Waals surface area contributed by atoms with E-state index in [0.717, 1.165) is 16.7 Å². The summed E-state index contributed by atoms with van der Waals surface area (Å²) in [5.41, 5.74) is 2.82. The van der Waals surface area contributed by atoms with Crippen LogP contribution in [0, 0.1) is 5.82 Å². The Balaban J connectivity index is 1.19. The summed E-state index contributed by atoms with van der Waals surface area (Å²) >= 11 is 4.46. The molecule has 1 aliphatic heterocycles. The quantitative estimate of drug-likeness (QED) is 0.106. The van der Waals surface area contributed by atoms with Crippen molar-refractivity contribution in [2.75, 3.05) is 0 Å². The Kier molecular flexibility index (Phi) is 10.1. The molecule has 10 heteroatoms. The van der Waals surface area contributed by atoms with Gasteiger partial charge in [-0.1, -0.05) is 72.8 Å². The van der Waals surface area contributed by atoms with Crippen molar-refractivity contribution in [3.63, 3.8) is 0 Å². The van der Waals surface area contributed by atoms with Crippen LogP contribution in [-0.4, -0.2) is 36.9 Å². The maximum Gasteiger partial charge on any atom is 0.322 e. The molecule has 1 unspecified atom stereocenters. The molecule has 0 radical (unpaired) electrons. The summed E-state index contributed by atoms with van der Waals surface area (Å²) in [7, 11) is -1.76. The molecule has 1 heterocycles. The van der Waals surface area contributed by atoms with Gasteiger partial charge in [-0.2, -0.15) is 4.31 Å². The van der Waals surface area contributed by atoms with E-state index in [-0.39, 0.29) is 24.6 Å². The van der Waals surface area contributed by atoms with Crippen LogP contribution in [0.2, 0.25) is 0 Å². The normalized spacial score (nSPS) is 18.3. The number of ether oxygens (including phenoxy) is 1. The van der Waals surface area contributed by atoms with Gasteiger partial charge >= 0.3 is 5.97 Å². The number of ketones is 1. The second-order valence-corrected chi connectivity index (χ2v) is 11.8. The van der Waals surface area contributed by atoms with E-state index in [1.165, 1.54) is 22.5 Å². The van der Waals surface area contributed by atoms with Crippen LogP contribution in [0.3, 0.4) is 0 Å². The minimum atomic E-state index is -1.76. The molecule has 0 saturated carbocycles. The summed E-state index contributed by atoms with van der Waals surface area (Å²) in [6.07, 6.45) is 5.05. The van der Waals surface area contributed by atoms with Gasteiger partial charge in [0.15, 0.2) is 5.78 Å². The van der Waals surface area contributed by atoms with E-state index in [1.807, 2.05) is 54.6 Å². The van der Waals surface area contributed by atoms with E-state index >= 15 is 0 Å². The Morgan fingerprint density at radius 2 is 1.64 bits per heavy atom. The Hall–Kier alpha value is -4.51. The molecular weight excluding hydrogens is 600 g/mol. The second-order valence-electron chi connectivity index (χ2n) is 9.99. The molecule has 0 aromatic heterocycles. The number of carboxylic acids is 1. The van der Waals surface area contributed by atoms with Crippen molar-refractivity contribution in [3.8, 4) is 5.75 Å². The molecule has 0 spiro atoms. The van der Waals surface area contributed by atoms with Gasteiger partial charge in [-0.15, -0.1) is 12.6 Å². The highest BCUT2D eigenvalue weighted by Crippen LogP contribution is 2.27. The smallest absolute Gasteiger partial charge is 0.322 e. The average molecular weight is 629 g/mol. The Morgan fingerprint density at radius 1 is 0.955 bits per heavy atom. The highest BCUT2D eigenvalue weighted by Gasteiger charge is 2.41. The van der Waals surface area contributed by atoms with E-state index in [9.17, 15) is 23.3 Å². The number of hydrogen-bond donors (Lipinski definition) is 3. The minimum Gasteiger partial charge on any atom is -0.489 e. The number of carbonyl (C=O) groups excluding carboxylic acids is 1. The van der Waals surface area contributed by atoms with Crippen molar-refractivity contribution in [1.29, 1.82) is 0 Å². The van der Waals surface area contributed by atoms with E-state index < -0.39 is 28.5 Å². The number of carbonyl (C=O) groups is 2. The first-order valence-corrected chi connectivity index (χ1v) is 15.3. The standard InChI is InChI=1S/C34H29FN2O5S2/c35-28-8-4-7-26(19-28)22-42-29-16-14-27(15-17-29)31(38)18-13-23-9-11-25(12-10-23)21-32-36-34(43)37(44(32)41)30(33(39)40)20-24-5-2-1-3-6-24/h1-19,21,30,34,36,43H,20,22H2,(H,39,40)/b18-13+,32-21-/t30-,34-,44?/m0/s1. The first-order valence-electron chi connectivity index (χ1n) is 13.7. The number of hydrogen-bond acceptors (Lipinski definition) is 6. The molecule has 0 amide bonds. The molecular formula is C34H29FN2O5S2. The number of carboxylic acid groups (broad SMARTS) is 1. The van der Waals surface area contributed by atoms with E-state index in [0.29, 0.717) is 21.9 Å². The molecule has 2 N–H and O–H groups in total. The summed E-state index contributed by atoms with van der Waals surface area (Å²) in [5, 5.41) is 13.3. The Morgan fingerprint density at radius 3 is 2.32 bits per heavy atom. The largest absolute Gasteiger partial charge is 0.489 e. The fourth-order valence-corrected chi connectivity index (χ4v) is 6.53. The highest BCUT2D eigenvalue weighted by molar-refractivity contribution is 7.89. The van der Waals surface area contributed by atoms with Crippen LogP contribution in [0.25, 0.3) is 12.2 Å². The van der Waals surface area contributed by atoms with Gasteiger partial charge in [-0.25, -0.2) is 8.60 Å². The van der Waals surface area contributed by atoms with Crippen LogP contribution >= 0.6 is 12.6 Å². The van der Waals surface area contributed by atoms with Gasteiger partial charge in [-0.05, 0) is 77.2 Å². The third-order valence-electron chi connectivity index (χ3n) is 6.85. The fourth-order valence-electron chi connectivity index (χ4n) is 4.58. The van der Waals surface area contributed by atoms with Crippen molar-refractivity contribution in [2.45, 2.75) is 24.6 Å². The molecule has 4 aromatic rings. The lowest BCUT2D eigenvalue weighted by molar-refractivity contribution is -0.141. The van der Waals surface area contributed by atoms with Crippen molar-refractivity contribution in [2.24, 2.45) is 0 Å². The zero-order valence-corrected chi connectivity index (χ0v) is 25.1. The lowest BCUT2D eigenvalue weighted by Crippen LogP contribution is -2.45. The van der Waals surface area contributed by atoms with Crippen molar-refractivity contribution >= 4 is 47.5 Å². The van der Waals surface area contributed by atoms with Gasteiger partial charge in [0.2, 0.25) is 0 Å². The fraction of sp³-hybridized carbons (Fsp3) is 0.118. The lowest BCUT2D eigenvalue weighted by atomic mass is 10.1. The van der Waals surface area contributed by atoms with Crippen molar-refractivity contribution in [3.05, 3.63) is 148 Å². The molecule has 224 valence electrons. The topological polar surface area (TPSA) is 95.9 Å². The number of allylic oxidation sites excluding steroid dienone is 1. The van der Waals surface area contributed by atoms with Crippen LogP contribution in [0.15, 0.2) is 114 Å². The van der Waals surface area contributed by atoms with E-state index in [2.05, 4.69) is 17.9 Å². The third-order valence-corrected chi connectivity index (χ3v) is 8.85. The van der Waals surface area contributed by atoms with Crippen molar-refractivity contribution in [1.82, 2.24) is 9.62 Å². The Bertz CT molecular complexity index is 1710. The molecule has 7 nitrogen and oxygen atoms in total. The van der Waals surface area contributed by atoms with Crippen LogP contribution in [0.1, 0.15) is 32.6 Å². The molecule has 1 saturated heterocycles. The summed E-state index contributed by atoms with van der Waals surface area (Å²) < 4.78 is 33.7. The maximum absolute atomic E-state index is 13.3. The predicted molar refractivity (Wildman–Crippen MR) is 172 cm³/mol. The SMILES string of the molecule is O=C(/C=C/c1ccc(/C=C2/N[C@H](S)N([C@@H](Cc3ccccc3)C(=O)O)S2=O)cc1)c1ccc(OCc2cccc(F)c2)cc1. The maximum atomic E-state index is 13.3. The average Bonchev–Trinajstić information content (AvgIpc) is 3.30. The number of nitrogens with zero attached hydrogens (tertiary/aromatic N) is 1. The summed E-state index contributed by atoms with van der Waals surface area (Å²) in [6, 6.07) is 28.3. The molecule has 44 heavy (non-hydrogen) atoms. The summed E-state index contributed by atoms with van der Waals surface area (Å²) in [4.78, 5) is 24.8. The molecule has 0 bridgehead atoms. The van der Waals surface area contributed by atoms with E-state index in [4.69, 9.17) is 4.74 Å². The number of nitrogens with one attached hydrogen (secondary N) is 1. The molecule has 0 aliphatic carbocycles. The number of aliphatic carboxylic acids is 1. The van der Waals surface area contributed by atoms with Crippen molar-refractivity contribution < 1.29 is 28.0 Å². The summed E-state index contributed by atoms with van der Waals surface area (Å²) in [6.45, 7) is 0.216. The molecule has 1 fully saturated rings. The second kappa shape index (κ2) is 14.3. The van der Waals surface area contributed by atoms with Crippen LogP contribution in [0.4, 0.5) is 4.39 Å². The van der Waals surface area contributed by atoms with Gasteiger partial charge in [0.25, 0.3) is 0 Å². The van der Waals surface area contributed by atoms with Crippen LogP contribution in [0.5, 0.6) is 5.75 Å². The highest BCUT2D eigenvalue weighted by atomic mass is 32.2. The van der Waals surface area contributed by atoms with Gasteiger partial charge in [0, 0.05) is 5.56 Å². The molecule has 4 aromatic carbocycles. The number of benzene rings is 4. The van der Waals surface area contributed by atoms with Gasteiger partial charge in [0.1, 0.15) is 45.7 Å². The number of thiol groups is 1. The molecule has 1 aliphatic rings.